The highest BCUT2D eigenvalue weighted by Crippen LogP contribution is 2.12. The van der Waals surface area contributed by atoms with Crippen molar-refractivity contribution in [3.63, 3.8) is 0 Å². The molecule has 0 radical (unpaired) electrons. The highest BCUT2D eigenvalue weighted by Gasteiger charge is 2.01. The summed E-state index contributed by atoms with van der Waals surface area (Å²) in [5.74, 6) is 1.91. The maximum Gasteiger partial charge on any atom is 0.0446 e. The van der Waals surface area contributed by atoms with Gasteiger partial charge in [-0.15, -0.1) is 0 Å². The Hall–Kier alpha value is -0.510. The molecule has 78 valence electrons. The Bertz CT molecular complexity index is 240. The van der Waals surface area contributed by atoms with Crippen LogP contribution in [0.4, 0.5) is 0 Å². The Morgan fingerprint density at radius 2 is 2.00 bits per heavy atom. The SMILES string of the molecule is NC(CCO)CSCc1ccccc1. The topological polar surface area (TPSA) is 46.2 Å². The molecule has 3 N–H and O–H groups in total. The fraction of sp³-hybridized carbons (Fsp3) is 0.455. The van der Waals surface area contributed by atoms with Gasteiger partial charge in [-0.25, -0.2) is 0 Å². The quantitative estimate of drug-likeness (QED) is 0.752. The number of thioether (sulfide) groups is 1. The third kappa shape index (κ3) is 4.65. The molecule has 1 aromatic carbocycles. The highest BCUT2D eigenvalue weighted by molar-refractivity contribution is 7.98. The van der Waals surface area contributed by atoms with E-state index in [1.807, 2.05) is 30.0 Å². The number of hydrogen-bond donors (Lipinski definition) is 2. The molecule has 1 aromatic rings. The molecular formula is C11H17NOS. The molecule has 14 heavy (non-hydrogen) atoms. The summed E-state index contributed by atoms with van der Waals surface area (Å²) < 4.78 is 0. The molecule has 0 aliphatic rings. The molecule has 2 nitrogen and oxygen atoms in total. The lowest BCUT2D eigenvalue weighted by atomic mass is 10.2. The van der Waals surface area contributed by atoms with E-state index in [1.54, 1.807) is 0 Å². The molecule has 0 aliphatic heterocycles. The van der Waals surface area contributed by atoms with Gasteiger partial charge in [0.1, 0.15) is 0 Å². The molecule has 0 spiro atoms. The first-order valence-corrected chi connectivity index (χ1v) is 5.96. The lowest BCUT2D eigenvalue weighted by molar-refractivity contribution is 0.279. The maximum atomic E-state index is 8.66. The van der Waals surface area contributed by atoms with Crippen LogP contribution in [0.25, 0.3) is 0 Å². The van der Waals surface area contributed by atoms with E-state index in [-0.39, 0.29) is 12.6 Å². The van der Waals surface area contributed by atoms with Crippen molar-refractivity contribution in [1.82, 2.24) is 0 Å². The van der Waals surface area contributed by atoms with Crippen LogP contribution in [0.3, 0.4) is 0 Å². The number of hydrogen-bond acceptors (Lipinski definition) is 3. The number of nitrogens with two attached hydrogens (primary N) is 1. The van der Waals surface area contributed by atoms with Crippen LogP contribution < -0.4 is 5.73 Å². The molecule has 1 rings (SSSR count). The zero-order valence-electron chi connectivity index (χ0n) is 8.23. The van der Waals surface area contributed by atoms with Crippen LogP contribution >= 0.6 is 11.8 Å². The van der Waals surface area contributed by atoms with E-state index < -0.39 is 0 Å². The van der Waals surface area contributed by atoms with Gasteiger partial charge in [-0.3, -0.25) is 0 Å². The third-order valence-corrected chi connectivity index (χ3v) is 3.14. The zero-order valence-corrected chi connectivity index (χ0v) is 9.04. The Labute approximate surface area is 89.5 Å². The second kappa shape index (κ2) is 6.87. The van der Waals surface area contributed by atoms with Gasteiger partial charge in [0.2, 0.25) is 0 Å². The molecule has 0 fully saturated rings. The fourth-order valence-corrected chi connectivity index (χ4v) is 2.17. The first kappa shape index (κ1) is 11.6. The zero-order chi connectivity index (χ0) is 10.2. The van der Waals surface area contributed by atoms with Crippen LogP contribution in [0.5, 0.6) is 0 Å². The second-order valence-electron chi connectivity index (χ2n) is 3.27. The first-order valence-electron chi connectivity index (χ1n) is 4.81. The minimum Gasteiger partial charge on any atom is -0.396 e. The normalized spacial score (nSPS) is 12.7. The van der Waals surface area contributed by atoms with Crippen LogP contribution in [0.15, 0.2) is 30.3 Å². The van der Waals surface area contributed by atoms with Crippen molar-refractivity contribution >= 4 is 11.8 Å². The van der Waals surface area contributed by atoms with Crippen molar-refractivity contribution < 1.29 is 5.11 Å². The molecule has 0 saturated carbocycles. The van der Waals surface area contributed by atoms with E-state index in [0.717, 1.165) is 11.5 Å². The summed E-state index contributed by atoms with van der Waals surface area (Å²) >= 11 is 1.82. The van der Waals surface area contributed by atoms with Gasteiger partial charge >= 0.3 is 0 Å². The minimum absolute atomic E-state index is 0.119. The van der Waals surface area contributed by atoms with Gasteiger partial charge in [0.05, 0.1) is 0 Å². The van der Waals surface area contributed by atoms with E-state index in [2.05, 4.69) is 12.1 Å². The number of rotatable bonds is 6. The van der Waals surface area contributed by atoms with Gasteiger partial charge in [-0.2, -0.15) is 11.8 Å². The molecular weight excluding hydrogens is 194 g/mol. The number of benzene rings is 1. The van der Waals surface area contributed by atoms with E-state index in [4.69, 9.17) is 10.8 Å². The largest absolute Gasteiger partial charge is 0.396 e. The van der Waals surface area contributed by atoms with Crippen molar-refractivity contribution in [3.05, 3.63) is 35.9 Å². The average Bonchev–Trinajstić information content (AvgIpc) is 2.20. The van der Waals surface area contributed by atoms with Crippen molar-refractivity contribution in [1.29, 1.82) is 0 Å². The summed E-state index contributed by atoms with van der Waals surface area (Å²) in [6.45, 7) is 0.188. The standard InChI is InChI=1S/C11H17NOS/c12-11(6-7-13)9-14-8-10-4-2-1-3-5-10/h1-5,11,13H,6-9,12H2. The van der Waals surface area contributed by atoms with Crippen LogP contribution in [-0.2, 0) is 5.75 Å². The summed E-state index contributed by atoms with van der Waals surface area (Å²) in [5.41, 5.74) is 7.10. The van der Waals surface area contributed by atoms with Gasteiger partial charge in [-0.05, 0) is 12.0 Å². The molecule has 0 amide bonds. The lowest BCUT2D eigenvalue weighted by Gasteiger charge is -2.08. The van der Waals surface area contributed by atoms with Gasteiger partial charge in [0.15, 0.2) is 0 Å². The van der Waals surface area contributed by atoms with Crippen molar-refractivity contribution in [3.8, 4) is 0 Å². The van der Waals surface area contributed by atoms with Crippen molar-refractivity contribution in [2.75, 3.05) is 12.4 Å². The summed E-state index contributed by atoms with van der Waals surface area (Å²) in [6.07, 6.45) is 0.696. The second-order valence-corrected chi connectivity index (χ2v) is 4.30. The predicted molar refractivity (Wildman–Crippen MR) is 62.3 cm³/mol. The Balaban J connectivity index is 2.16. The minimum atomic E-state index is 0.119. The van der Waals surface area contributed by atoms with Gasteiger partial charge in [-0.1, -0.05) is 30.3 Å². The smallest absolute Gasteiger partial charge is 0.0446 e. The van der Waals surface area contributed by atoms with Gasteiger partial charge in [0, 0.05) is 24.2 Å². The molecule has 1 atom stereocenters. The van der Waals surface area contributed by atoms with Crippen LogP contribution in [0, 0.1) is 0 Å². The highest BCUT2D eigenvalue weighted by atomic mass is 32.2. The van der Waals surface area contributed by atoms with Crippen LogP contribution in [0.2, 0.25) is 0 Å². The van der Waals surface area contributed by atoms with Crippen LogP contribution in [0.1, 0.15) is 12.0 Å². The molecule has 1 unspecified atom stereocenters. The van der Waals surface area contributed by atoms with Crippen molar-refractivity contribution in [2.24, 2.45) is 5.73 Å². The monoisotopic (exact) mass is 211 g/mol. The van der Waals surface area contributed by atoms with E-state index in [9.17, 15) is 0 Å². The molecule has 0 bridgehead atoms. The lowest BCUT2D eigenvalue weighted by Crippen LogP contribution is -2.24. The maximum absolute atomic E-state index is 8.66. The third-order valence-electron chi connectivity index (χ3n) is 1.94. The molecule has 0 saturated heterocycles. The molecule has 0 aliphatic carbocycles. The van der Waals surface area contributed by atoms with Gasteiger partial charge < -0.3 is 10.8 Å². The Morgan fingerprint density at radius 1 is 1.29 bits per heavy atom. The molecule has 3 heteroatoms. The first-order chi connectivity index (χ1) is 6.83. The van der Waals surface area contributed by atoms with Crippen LogP contribution in [-0.4, -0.2) is 23.5 Å². The van der Waals surface area contributed by atoms with E-state index >= 15 is 0 Å². The predicted octanol–water partition coefficient (Wildman–Crippen LogP) is 1.63. The average molecular weight is 211 g/mol. The molecule has 0 aromatic heterocycles. The Morgan fingerprint density at radius 3 is 2.64 bits per heavy atom. The Kier molecular flexibility index (Phi) is 5.68. The number of aliphatic hydroxyl groups is 1. The number of aliphatic hydroxyl groups excluding tert-OH is 1. The summed E-state index contributed by atoms with van der Waals surface area (Å²) in [5, 5.41) is 8.66. The van der Waals surface area contributed by atoms with E-state index in [1.165, 1.54) is 5.56 Å². The van der Waals surface area contributed by atoms with E-state index in [0.29, 0.717) is 6.42 Å². The van der Waals surface area contributed by atoms with Crippen molar-refractivity contribution in [2.45, 2.75) is 18.2 Å². The molecule has 0 heterocycles. The summed E-state index contributed by atoms with van der Waals surface area (Å²) in [6, 6.07) is 10.5. The van der Waals surface area contributed by atoms with Gasteiger partial charge in [0.25, 0.3) is 0 Å². The summed E-state index contributed by atoms with van der Waals surface area (Å²) in [7, 11) is 0. The fourth-order valence-electron chi connectivity index (χ4n) is 1.15. The summed E-state index contributed by atoms with van der Waals surface area (Å²) in [4.78, 5) is 0.